The summed E-state index contributed by atoms with van der Waals surface area (Å²) in [7, 11) is -4.90. The van der Waals surface area contributed by atoms with Crippen LogP contribution in [0.3, 0.4) is 0 Å². The van der Waals surface area contributed by atoms with Crippen LogP contribution in [-0.4, -0.2) is 56.3 Å². The van der Waals surface area contributed by atoms with Gasteiger partial charge in [0.05, 0.1) is 6.67 Å². The second-order valence-electron chi connectivity index (χ2n) is 4.65. The standard InChI is InChI=1S/C11H18F6O3S.H3N/c12-5-3-1-2-4-7(13)9(15)11(17)10(16)8(14)6-21(18,19)20;/h7-11H,1-6H2,(H,18,19,20);1H3. The Morgan fingerprint density at radius 3 is 1.77 bits per heavy atom. The summed E-state index contributed by atoms with van der Waals surface area (Å²) in [6, 6.07) is 0. The van der Waals surface area contributed by atoms with E-state index in [1.54, 1.807) is 0 Å². The third-order valence-electron chi connectivity index (χ3n) is 2.78. The summed E-state index contributed by atoms with van der Waals surface area (Å²) in [5.41, 5.74) is 0. The SMILES string of the molecule is N.O=S(=O)(O)CC(F)C(F)C(F)C(F)C(F)CCCCCF. The Labute approximate surface area is 125 Å². The minimum Gasteiger partial charge on any atom is -0.344 e. The van der Waals surface area contributed by atoms with Gasteiger partial charge in [-0.05, 0) is 12.8 Å². The average Bonchev–Trinajstić information content (AvgIpc) is 2.38. The molecule has 4 N–H and O–H groups in total. The molecule has 0 aromatic heterocycles. The van der Waals surface area contributed by atoms with Crippen LogP contribution in [0.2, 0.25) is 0 Å². The highest BCUT2D eigenvalue weighted by Crippen LogP contribution is 2.24. The van der Waals surface area contributed by atoms with Crippen molar-refractivity contribution in [2.45, 2.75) is 56.5 Å². The molecule has 22 heavy (non-hydrogen) atoms. The number of halogens is 6. The van der Waals surface area contributed by atoms with Gasteiger partial charge in [0, 0.05) is 0 Å². The van der Waals surface area contributed by atoms with Crippen molar-refractivity contribution >= 4 is 10.1 Å². The van der Waals surface area contributed by atoms with Crippen LogP contribution in [0.25, 0.3) is 0 Å². The Morgan fingerprint density at radius 2 is 1.32 bits per heavy atom. The van der Waals surface area contributed by atoms with Crippen LogP contribution in [0, 0.1) is 0 Å². The Bertz CT molecular complexity index is 386. The molecule has 0 heterocycles. The maximum Gasteiger partial charge on any atom is 0.267 e. The van der Waals surface area contributed by atoms with Crippen molar-refractivity contribution in [1.29, 1.82) is 0 Å². The fourth-order valence-corrected chi connectivity index (χ4v) is 2.22. The van der Waals surface area contributed by atoms with Crippen LogP contribution < -0.4 is 6.15 Å². The van der Waals surface area contributed by atoms with Crippen LogP contribution >= 0.6 is 0 Å². The maximum atomic E-state index is 13.3. The van der Waals surface area contributed by atoms with Crippen molar-refractivity contribution in [2.24, 2.45) is 0 Å². The Hall–Kier alpha value is -0.550. The second kappa shape index (κ2) is 11.1. The van der Waals surface area contributed by atoms with Crippen molar-refractivity contribution in [2.75, 3.05) is 12.4 Å². The molecular formula is C11H21F6NO3S. The summed E-state index contributed by atoms with van der Waals surface area (Å²) >= 11 is 0. The van der Waals surface area contributed by atoms with Crippen molar-refractivity contribution in [1.82, 2.24) is 6.15 Å². The highest BCUT2D eigenvalue weighted by molar-refractivity contribution is 7.85. The van der Waals surface area contributed by atoms with Gasteiger partial charge < -0.3 is 6.15 Å². The molecule has 0 saturated carbocycles. The van der Waals surface area contributed by atoms with Crippen molar-refractivity contribution in [3.63, 3.8) is 0 Å². The molecule has 0 aromatic carbocycles. The molecule has 0 aliphatic heterocycles. The van der Waals surface area contributed by atoms with E-state index in [9.17, 15) is 34.8 Å². The first-order valence-corrected chi connectivity index (χ1v) is 7.92. The molecule has 0 rings (SSSR count). The summed E-state index contributed by atoms with van der Waals surface area (Å²) in [6.07, 6.45) is -14.8. The Kier molecular flexibility index (Phi) is 11.9. The first-order chi connectivity index (χ1) is 9.60. The van der Waals surface area contributed by atoms with E-state index in [0.717, 1.165) is 0 Å². The molecule has 0 spiro atoms. The van der Waals surface area contributed by atoms with Gasteiger partial charge in [0.2, 0.25) is 0 Å². The molecule has 11 heteroatoms. The largest absolute Gasteiger partial charge is 0.344 e. The summed E-state index contributed by atoms with van der Waals surface area (Å²) < 4.78 is 107. The van der Waals surface area contributed by atoms with Gasteiger partial charge in [-0.3, -0.25) is 8.94 Å². The highest BCUT2D eigenvalue weighted by Gasteiger charge is 2.41. The fraction of sp³-hybridized carbons (Fsp3) is 1.00. The summed E-state index contributed by atoms with van der Waals surface area (Å²) in [5.74, 6) is -1.74. The third kappa shape index (κ3) is 9.46. The quantitative estimate of drug-likeness (QED) is 0.336. The molecule has 0 aliphatic carbocycles. The third-order valence-corrected chi connectivity index (χ3v) is 3.52. The predicted octanol–water partition coefficient (Wildman–Crippen LogP) is 3.26. The average molecular weight is 361 g/mol. The number of hydrogen-bond donors (Lipinski definition) is 2. The predicted molar refractivity (Wildman–Crippen MR) is 70.4 cm³/mol. The lowest BCUT2D eigenvalue weighted by Crippen LogP contribution is -2.41. The second-order valence-corrected chi connectivity index (χ2v) is 6.15. The van der Waals surface area contributed by atoms with Gasteiger partial charge in [-0.15, -0.1) is 0 Å². The summed E-state index contributed by atoms with van der Waals surface area (Å²) in [5, 5.41) is 0. The van der Waals surface area contributed by atoms with Gasteiger partial charge in [0.1, 0.15) is 11.9 Å². The lowest BCUT2D eigenvalue weighted by molar-refractivity contribution is 0.00346. The van der Waals surface area contributed by atoms with E-state index in [4.69, 9.17) is 4.55 Å². The Morgan fingerprint density at radius 1 is 0.818 bits per heavy atom. The number of alkyl halides is 6. The highest BCUT2D eigenvalue weighted by atomic mass is 32.2. The molecule has 136 valence electrons. The van der Waals surface area contributed by atoms with Crippen LogP contribution in [0.5, 0.6) is 0 Å². The minimum atomic E-state index is -4.90. The van der Waals surface area contributed by atoms with E-state index in [1.165, 1.54) is 0 Å². The molecular weight excluding hydrogens is 340 g/mol. The molecule has 5 atom stereocenters. The van der Waals surface area contributed by atoms with Crippen LogP contribution in [0.1, 0.15) is 25.7 Å². The van der Waals surface area contributed by atoms with Crippen molar-refractivity contribution in [3.8, 4) is 0 Å². The molecule has 4 nitrogen and oxygen atoms in total. The Balaban J connectivity index is 0. The van der Waals surface area contributed by atoms with Gasteiger partial charge in [-0.2, -0.15) is 8.42 Å². The monoisotopic (exact) mass is 361 g/mol. The topological polar surface area (TPSA) is 89.4 Å². The maximum absolute atomic E-state index is 13.3. The molecule has 0 aromatic rings. The fourth-order valence-electron chi connectivity index (χ4n) is 1.64. The van der Waals surface area contributed by atoms with Crippen LogP contribution in [-0.2, 0) is 10.1 Å². The molecule has 0 amide bonds. The van der Waals surface area contributed by atoms with E-state index in [2.05, 4.69) is 0 Å². The summed E-state index contributed by atoms with van der Waals surface area (Å²) in [6.45, 7) is -0.631. The van der Waals surface area contributed by atoms with E-state index in [1.807, 2.05) is 0 Å². The lowest BCUT2D eigenvalue weighted by atomic mass is 10.0. The van der Waals surface area contributed by atoms with Crippen LogP contribution in [0.15, 0.2) is 0 Å². The van der Waals surface area contributed by atoms with E-state index in [0.29, 0.717) is 0 Å². The van der Waals surface area contributed by atoms with Gasteiger partial charge in [-0.25, -0.2) is 22.0 Å². The first kappa shape index (κ1) is 23.7. The van der Waals surface area contributed by atoms with Gasteiger partial charge in [-0.1, -0.05) is 12.8 Å². The van der Waals surface area contributed by atoms with Gasteiger partial charge >= 0.3 is 0 Å². The zero-order valence-corrected chi connectivity index (χ0v) is 12.6. The molecule has 0 bridgehead atoms. The summed E-state index contributed by atoms with van der Waals surface area (Å²) in [4.78, 5) is 0. The number of unbranched alkanes of at least 4 members (excludes halogenated alkanes) is 2. The van der Waals surface area contributed by atoms with E-state index >= 15 is 0 Å². The van der Waals surface area contributed by atoms with Gasteiger partial charge in [0.15, 0.2) is 24.7 Å². The molecule has 0 aliphatic rings. The molecule has 5 unspecified atom stereocenters. The normalized spacial score (nSPS) is 18.9. The minimum absolute atomic E-state index is 0. The van der Waals surface area contributed by atoms with Gasteiger partial charge in [0.25, 0.3) is 10.1 Å². The zero-order valence-electron chi connectivity index (χ0n) is 11.8. The van der Waals surface area contributed by atoms with Crippen LogP contribution in [0.4, 0.5) is 26.3 Å². The molecule has 0 fully saturated rings. The first-order valence-electron chi connectivity index (χ1n) is 6.31. The van der Waals surface area contributed by atoms with E-state index in [-0.39, 0.29) is 25.4 Å². The van der Waals surface area contributed by atoms with E-state index < -0.39 is 59.8 Å². The zero-order chi connectivity index (χ0) is 16.6. The lowest BCUT2D eigenvalue weighted by Gasteiger charge is -2.22. The smallest absolute Gasteiger partial charge is 0.267 e. The number of rotatable bonds is 11. The molecule has 0 radical (unpaired) electrons. The van der Waals surface area contributed by atoms with Crippen molar-refractivity contribution in [3.05, 3.63) is 0 Å². The molecule has 0 saturated heterocycles. The van der Waals surface area contributed by atoms with Crippen molar-refractivity contribution < 1.29 is 39.3 Å². The number of hydrogen-bond acceptors (Lipinski definition) is 3.